The van der Waals surface area contributed by atoms with E-state index in [1.54, 1.807) is 24.4 Å². The second-order valence-electron chi connectivity index (χ2n) is 5.30. The van der Waals surface area contributed by atoms with Crippen LogP contribution in [0.2, 0.25) is 10.0 Å². The molecule has 3 nitrogen and oxygen atoms in total. The second kappa shape index (κ2) is 7.30. The molecule has 0 unspecified atom stereocenters. The Balaban J connectivity index is 1.57. The van der Waals surface area contributed by atoms with Crippen LogP contribution < -0.4 is 10.7 Å². The van der Waals surface area contributed by atoms with Gasteiger partial charge in [-0.1, -0.05) is 53.5 Å². The van der Waals surface area contributed by atoms with Crippen LogP contribution in [0.5, 0.6) is 0 Å². The van der Waals surface area contributed by atoms with Gasteiger partial charge in [-0.15, -0.1) is 0 Å². The van der Waals surface area contributed by atoms with Crippen molar-refractivity contribution in [2.45, 2.75) is 18.9 Å². The summed E-state index contributed by atoms with van der Waals surface area (Å²) in [5.41, 5.74) is 6.29. The quantitative estimate of drug-likeness (QED) is 0.479. The number of hydrazone groups is 1. The minimum atomic E-state index is 0.237. The maximum absolute atomic E-state index is 6.09. The van der Waals surface area contributed by atoms with E-state index < -0.39 is 0 Å². The van der Waals surface area contributed by atoms with Crippen molar-refractivity contribution in [2.24, 2.45) is 5.10 Å². The molecule has 2 aromatic rings. The molecule has 0 fully saturated rings. The van der Waals surface area contributed by atoms with Crippen molar-refractivity contribution in [1.82, 2.24) is 10.7 Å². The summed E-state index contributed by atoms with van der Waals surface area (Å²) in [6.07, 6.45) is 3.73. The highest BCUT2D eigenvalue weighted by molar-refractivity contribution is 7.80. The molecule has 0 aromatic heterocycles. The van der Waals surface area contributed by atoms with Crippen molar-refractivity contribution in [1.29, 1.82) is 0 Å². The first kappa shape index (κ1) is 16.2. The van der Waals surface area contributed by atoms with Crippen molar-refractivity contribution in [3.63, 3.8) is 0 Å². The predicted molar refractivity (Wildman–Crippen MR) is 100 cm³/mol. The van der Waals surface area contributed by atoms with Crippen molar-refractivity contribution >= 4 is 46.7 Å². The molecule has 2 N–H and O–H groups in total. The first-order valence-corrected chi connectivity index (χ1v) is 8.42. The van der Waals surface area contributed by atoms with Gasteiger partial charge in [0.2, 0.25) is 0 Å². The van der Waals surface area contributed by atoms with Crippen molar-refractivity contribution in [3.8, 4) is 0 Å². The monoisotopic (exact) mass is 363 g/mol. The fourth-order valence-corrected chi connectivity index (χ4v) is 3.32. The highest BCUT2D eigenvalue weighted by Crippen LogP contribution is 2.30. The zero-order chi connectivity index (χ0) is 16.2. The third-order valence-corrected chi connectivity index (χ3v) is 4.54. The molecule has 0 heterocycles. The molecule has 1 aliphatic rings. The smallest absolute Gasteiger partial charge is 0.187 e. The van der Waals surface area contributed by atoms with E-state index in [2.05, 4.69) is 40.1 Å². The van der Waals surface area contributed by atoms with E-state index >= 15 is 0 Å². The van der Waals surface area contributed by atoms with E-state index in [9.17, 15) is 0 Å². The summed E-state index contributed by atoms with van der Waals surface area (Å²) < 4.78 is 0. The predicted octanol–water partition coefficient (Wildman–Crippen LogP) is 4.48. The van der Waals surface area contributed by atoms with Gasteiger partial charge in [0.05, 0.1) is 17.3 Å². The molecule has 0 spiro atoms. The van der Waals surface area contributed by atoms with E-state index in [1.807, 2.05) is 0 Å². The molecule has 0 radical (unpaired) electrons. The summed E-state index contributed by atoms with van der Waals surface area (Å²) in [5.74, 6) is 0. The van der Waals surface area contributed by atoms with Crippen LogP contribution in [-0.4, -0.2) is 11.3 Å². The summed E-state index contributed by atoms with van der Waals surface area (Å²) in [4.78, 5) is 0. The van der Waals surface area contributed by atoms with Crippen LogP contribution in [0.25, 0.3) is 0 Å². The Morgan fingerprint density at radius 1 is 1.22 bits per heavy atom. The molecule has 3 rings (SSSR count). The largest absolute Gasteiger partial charge is 0.354 e. The van der Waals surface area contributed by atoms with Gasteiger partial charge in [0, 0.05) is 10.6 Å². The van der Waals surface area contributed by atoms with Gasteiger partial charge in [-0.05, 0) is 48.3 Å². The fraction of sp³-hybridized carbons (Fsp3) is 0.176. The van der Waals surface area contributed by atoms with Gasteiger partial charge < -0.3 is 5.32 Å². The molecule has 0 aliphatic heterocycles. The van der Waals surface area contributed by atoms with Gasteiger partial charge in [-0.2, -0.15) is 5.10 Å². The molecule has 0 bridgehead atoms. The molecule has 118 valence electrons. The van der Waals surface area contributed by atoms with Gasteiger partial charge >= 0.3 is 0 Å². The van der Waals surface area contributed by atoms with Gasteiger partial charge in [-0.25, -0.2) is 0 Å². The number of thiocarbonyl (C=S) groups is 1. The van der Waals surface area contributed by atoms with E-state index in [0.717, 1.165) is 18.4 Å². The number of nitrogens with one attached hydrogen (secondary N) is 2. The third kappa shape index (κ3) is 4.02. The number of benzene rings is 2. The number of hydrogen-bond acceptors (Lipinski definition) is 2. The fourth-order valence-electron chi connectivity index (χ4n) is 2.66. The Labute approximate surface area is 150 Å². The second-order valence-corrected chi connectivity index (χ2v) is 6.55. The summed E-state index contributed by atoms with van der Waals surface area (Å²) in [6.45, 7) is 0. The number of aryl methyl sites for hydroxylation is 1. The number of halogens is 2. The Kier molecular flexibility index (Phi) is 5.16. The van der Waals surface area contributed by atoms with Crippen LogP contribution >= 0.6 is 35.4 Å². The maximum atomic E-state index is 6.09. The maximum Gasteiger partial charge on any atom is 0.187 e. The van der Waals surface area contributed by atoms with Gasteiger partial charge in [0.1, 0.15) is 0 Å². The van der Waals surface area contributed by atoms with Crippen LogP contribution in [0.15, 0.2) is 47.6 Å². The highest BCUT2D eigenvalue weighted by Gasteiger charge is 2.22. The minimum Gasteiger partial charge on any atom is -0.354 e. The Hall–Kier alpha value is -1.62. The zero-order valence-corrected chi connectivity index (χ0v) is 14.6. The first-order chi connectivity index (χ1) is 11.1. The average molecular weight is 364 g/mol. The Bertz CT molecular complexity index is 761. The van der Waals surface area contributed by atoms with Crippen molar-refractivity contribution in [3.05, 3.63) is 69.2 Å². The molecule has 1 atom stereocenters. The molecule has 23 heavy (non-hydrogen) atoms. The minimum absolute atomic E-state index is 0.237. The number of nitrogens with zero attached hydrogens (tertiary/aromatic N) is 1. The molecule has 1 aliphatic carbocycles. The number of rotatable bonds is 3. The van der Waals surface area contributed by atoms with E-state index in [1.165, 1.54) is 11.1 Å². The SMILES string of the molecule is S=C(N/N=C\c1ccc(Cl)cc1Cl)N[C@@H]1CCc2ccccc21. The number of hydrogen-bond donors (Lipinski definition) is 2. The summed E-state index contributed by atoms with van der Waals surface area (Å²) in [7, 11) is 0. The standard InChI is InChI=1S/C17H15Cl2N3S/c18-13-7-5-12(15(19)9-13)10-20-22-17(23)21-16-8-6-11-3-1-2-4-14(11)16/h1-5,7,9-10,16H,6,8H2,(H2,21,22,23)/b20-10-/t16-/m1/s1. The Morgan fingerprint density at radius 2 is 2.04 bits per heavy atom. The lowest BCUT2D eigenvalue weighted by Gasteiger charge is -2.15. The lowest BCUT2D eigenvalue weighted by Crippen LogP contribution is -2.34. The third-order valence-electron chi connectivity index (χ3n) is 3.77. The van der Waals surface area contributed by atoms with Crippen molar-refractivity contribution < 1.29 is 0 Å². The topological polar surface area (TPSA) is 36.4 Å². The molecule has 2 aromatic carbocycles. The lowest BCUT2D eigenvalue weighted by atomic mass is 10.1. The summed E-state index contributed by atoms with van der Waals surface area (Å²) in [5, 5.41) is 9.06. The van der Waals surface area contributed by atoms with Crippen LogP contribution in [-0.2, 0) is 6.42 Å². The normalized spacial score (nSPS) is 16.3. The lowest BCUT2D eigenvalue weighted by molar-refractivity contribution is 0.633. The molecule has 0 saturated carbocycles. The van der Waals surface area contributed by atoms with E-state index in [-0.39, 0.29) is 6.04 Å². The summed E-state index contributed by atoms with van der Waals surface area (Å²) >= 11 is 17.2. The highest BCUT2D eigenvalue weighted by atomic mass is 35.5. The van der Waals surface area contributed by atoms with Crippen LogP contribution in [0.1, 0.15) is 29.2 Å². The Morgan fingerprint density at radius 3 is 2.87 bits per heavy atom. The number of fused-ring (bicyclic) bond motifs is 1. The summed E-state index contributed by atoms with van der Waals surface area (Å²) in [6, 6.07) is 13.9. The molecule has 0 saturated heterocycles. The molecule has 0 amide bonds. The van der Waals surface area contributed by atoms with Gasteiger partial charge in [-0.3, -0.25) is 5.43 Å². The van der Waals surface area contributed by atoms with Crippen LogP contribution in [0.4, 0.5) is 0 Å². The van der Waals surface area contributed by atoms with Gasteiger partial charge in [0.15, 0.2) is 5.11 Å². The van der Waals surface area contributed by atoms with Gasteiger partial charge in [0.25, 0.3) is 0 Å². The van der Waals surface area contributed by atoms with E-state index in [4.69, 9.17) is 35.4 Å². The molecule has 6 heteroatoms. The van der Waals surface area contributed by atoms with Crippen molar-refractivity contribution in [2.75, 3.05) is 0 Å². The average Bonchev–Trinajstić information content (AvgIpc) is 2.93. The van der Waals surface area contributed by atoms with Crippen LogP contribution in [0, 0.1) is 0 Å². The van der Waals surface area contributed by atoms with E-state index in [0.29, 0.717) is 15.2 Å². The molecular formula is C17H15Cl2N3S. The zero-order valence-electron chi connectivity index (χ0n) is 12.2. The van der Waals surface area contributed by atoms with Crippen LogP contribution in [0.3, 0.4) is 0 Å². The first-order valence-electron chi connectivity index (χ1n) is 7.26. The molecular weight excluding hydrogens is 349 g/mol.